The molecule has 1 N–H and O–H groups in total. The second-order valence-electron chi connectivity index (χ2n) is 7.71. The molecule has 168 valence electrons. The van der Waals surface area contributed by atoms with E-state index in [1.54, 1.807) is 24.3 Å². The Kier molecular flexibility index (Phi) is 10.0. The molecule has 0 fully saturated rings. The maximum absolute atomic E-state index is 12.8. The fourth-order valence-corrected chi connectivity index (χ4v) is 3.79. The molecule has 2 rings (SSSR count). The van der Waals surface area contributed by atoms with Crippen molar-refractivity contribution in [1.29, 1.82) is 0 Å². The van der Waals surface area contributed by atoms with Gasteiger partial charge in [0.25, 0.3) is 11.8 Å². The Hall–Kier alpha value is -2.34. The van der Waals surface area contributed by atoms with Crippen molar-refractivity contribution in [2.45, 2.75) is 52.9 Å². The number of anilines is 1. The lowest BCUT2D eigenvalue weighted by Crippen LogP contribution is -2.32. The van der Waals surface area contributed by atoms with Gasteiger partial charge in [-0.25, -0.2) is 0 Å². The quantitative estimate of drug-likeness (QED) is 0.406. The minimum atomic E-state index is -0.276. The van der Waals surface area contributed by atoms with Crippen LogP contribution in [0.15, 0.2) is 46.9 Å². The van der Waals surface area contributed by atoms with E-state index >= 15 is 0 Å². The van der Waals surface area contributed by atoms with Crippen LogP contribution in [0.1, 0.15) is 68.8 Å². The van der Waals surface area contributed by atoms with Crippen molar-refractivity contribution < 1.29 is 14.3 Å². The first-order chi connectivity index (χ1) is 14.9. The highest BCUT2D eigenvalue weighted by Crippen LogP contribution is 2.30. The van der Waals surface area contributed by atoms with Crippen LogP contribution in [0.25, 0.3) is 0 Å². The van der Waals surface area contributed by atoms with Gasteiger partial charge in [0.1, 0.15) is 5.75 Å². The van der Waals surface area contributed by atoms with Crippen LogP contribution >= 0.6 is 15.9 Å². The van der Waals surface area contributed by atoms with E-state index in [-0.39, 0.29) is 18.4 Å². The summed E-state index contributed by atoms with van der Waals surface area (Å²) in [4.78, 5) is 27.0. The highest BCUT2D eigenvalue weighted by molar-refractivity contribution is 9.10. The van der Waals surface area contributed by atoms with Crippen molar-refractivity contribution in [3.05, 3.63) is 58.1 Å². The van der Waals surface area contributed by atoms with Crippen LogP contribution in [0.4, 0.5) is 5.69 Å². The molecule has 1 unspecified atom stereocenters. The molecule has 2 aromatic rings. The van der Waals surface area contributed by atoms with Gasteiger partial charge in [-0.2, -0.15) is 0 Å². The lowest BCUT2D eigenvalue weighted by atomic mass is 9.99. The Labute approximate surface area is 194 Å². The molecule has 0 bridgehead atoms. The number of nitrogens with one attached hydrogen (secondary N) is 1. The molecule has 0 heterocycles. The zero-order valence-corrected chi connectivity index (χ0v) is 20.5. The summed E-state index contributed by atoms with van der Waals surface area (Å²) in [7, 11) is 0. The molecule has 2 aromatic carbocycles. The highest BCUT2D eigenvalue weighted by atomic mass is 79.9. The first-order valence-corrected chi connectivity index (χ1v) is 11.8. The molecular formula is C25H33BrN2O3. The molecule has 1 atom stereocenters. The van der Waals surface area contributed by atoms with E-state index in [0.717, 1.165) is 36.8 Å². The topological polar surface area (TPSA) is 58.6 Å². The number of carbonyl (C=O) groups is 2. The minimum Gasteiger partial charge on any atom is -0.483 e. The Balaban J connectivity index is 1.98. The Bertz CT molecular complexity index is 879. The molecule has 5 nitrogen and oxygen atoms in total. The third-order valence-corrected chi connectivity index (χ3v) is 5.78. The highest BCUT2D eigenvalue weighted by Gasteiger charge is 2.15. The van der Waals surface area contributed by atoms with Crippen LogP contribution in [0, 0.1) is 0 Å². The van der Waals surface area contributed by atoms with Crippen molar-refractivity contribution >= 4 is 33.4 Å². The van der Waals surface area contributed by atoms with Crippen molar-refractivity contribution in [3.63, 3.8) is 0 Å². The van der Waals surface area contributed by atoms with Gasteiger partial charge in [-0.1, -0.05) is 39.8 Å². The molecule has 0 aliphatic rings. The van der Waals surface area contributed by atoms with Crippen molar-refractivity contribution in [2.75, 3.05) is 25.0 Å². The average Bonchev–Trinajstić information content (AvgIpc) is 2.77. The molecule has 0 aliphatic heterocycles. The normalized spacial score (nSPS) is 11.6. The second-order valence-corrected chi connectivity index (χ2v) is 8.56. The summed E-state index contributed by atoms with van der Waals surface area (Å²) in [6.07, 6.45) is 2.88. The predicted octanol–water partition coefficient (Wildman–Crippen LogP) is 6.24. The SMILES string of the molecule is CCCN(CCC)C(=O)c1cccc(NC(=O)COc2ccc(C(C)CC)cc2Br)c1. The monoisotopic (exact) mass is 488 g/mol. The fourth-order valence-electron chi connectivity index (χ4n) is 3.28. The van der Waals surface area contributed by atoms with Crippen LogP contribution in [0.3, 0.4) is 0 Å². The molecule has 0 saturated heterocycles. The zero-order valence-electron chi connectivity index (χ0n) is 18.9. The molecule has 0 aromatic heterocycles. The maximum Gasteiger partial charge on any atom is 0.262 e. The number of ether oxygens (including phenoxy) is 1. The third-order valence-electron chi connectivity index (χ3n) is 5.16. The number of rotatable bonds is 11. The largest absolute Gasteiger partial charge is 0.483 e. The summed E-state index contributed by atoms with van der Waals surface area (Å²) < 4.78 is 6.52. The molecular weight excluding hydrogens is 456 g/mol. The van der Waals surface area contributed by atoms with Crippen molar-refractivity contribution in [3.8, 4) is 5.75 Å². The predicted molar refractivity (Wildman–Crippen MR) is 130 cm³/mol. The molecule has 0 aliphatic carbocycles. The number of carbonyl (C=O) groups excluding carboxylic acids is 2. The number of nitrogens with zero attached hydrogens (tertiary/aromatic N) is 1. The van der Waals surface area contributed by atoms with Gasteiger partial charge in [0.2, 0.25) is 0 Å². The van der Waals surface area contributed by atoms with Crippen LogP contribution in [-0.4, -0.2) is 36.4 Å². The van der Waals surface area contributed by atoms with Gasteiger partial charge in [-0.15, -0.1) is 0 Å². The fraction of sp³-hybridized carbons (Fsp3) is 0.440. The summed E-state index contributed by atoms with van der Waals surface area (Å²) in [6.45, 7) is 9.78. The van der Waals surface area contributed by atoms with E-state index in [1.165, 1.54) is 5.56 Å². The van der Waals surface area contributed by atoms with E-state index in [0.29, 0.717) is 22.9 Å². The van der Waals surface area contributed by atoms with Gasteiger partial charge in [0.05, 0.1) is 4.47 Å². The van der Waals surface area contributed by atoms with E-state index in [1.807, 2.05) is 23.1 Å². The van der Waals surface area contributed by atoms with E-state index < -0.39 is 0 Å². The van der Waals surface area contributed by atoms with Crippen molar-refractivity contribution in [1.82, 2.24) is 4.90 Å². The van der Waals surface area contributed by atoms with Gasteiger partial charge in [-0.05, 0) is 77.0 Å². The number of halogens is 1. The van der Waals surface area contributed by atoms with E-state index in [2.05, 4.69) is 48.9 Å². The number of hydrogen-bond acceptors (Lipinski definition) is 3. The Morgan fingerprint density at radius 3 is 2.39 bits per heavy atom. The average molecular weight is 489 g/mol. The van der Waals surface area contributed by atoms with Gasteiger partial charge >= 0.3 is 0 Å². The molecule has 0 saturated carbocycles. The summed E-state index contributed by atoms with van der Waals surface area (Å²) in [5.74, 6) is 0.804. The standard InChI is InChI=1S/C25H33BrN2O3/c1-5-13-28(14-6-2)25(30)20-9-8-10-21(15-20)27-24(29)17-31-23-12-11-19(16-22(23)26)18(4)7-3/h8-12,15-16,18H,5-7,13-14,17H2,1-4H3,(H,27,29). The van der Waals surface area contributed by atoms with Gasteiger partial charge in [0, 0.05) is 24.3 Å². The molecule has 2 amide bonds. The van der Waals surface area contributed by atoms with Gasteiger partial charge < -0.3 is 15.0 Å². The number of hydrogen-bond donors (Lipinski definition) is 1. The van der Waals surface area contributed by atoms with Gasteiger partial charge in [0.15, 0.2) is 6.61 Å². The molecule has 0 radical (unpaired) electrons. The molecule has 0 spiro atoms. The summed E-state index contributed by atoms with van der Waals surface area (Å²) in [5, 5.41) is 2.82. The Morgan fingerprint density at radius 2 is 1.77 bits per heavy atom. The summed E-state index contributed by atoms with van der Waals surface area (Å²) in [6, 6.07) is 13.0. The van der Waals surface area contributed by atoms with Gasteiger partial charge in [-0.3, -0.25) is 9.59 Å². The van der Waals surface area contributed by atoms with Crippen LogP contribution in [0.2, 0.25) is 0 Å². The maximum atomic E-state index is 12.8. The summed E-state index contributed by atoms with van der Waals surface area (Å²) in [5.41, 5.74) is 2.38. The van der Waals surface area contributed by atoms with Crippen LogP contribution < -0.4 is 10.1 Å². The third kappa shape index (κ3) is 7.39. The Morgan fingerprint density at radius 1 is 1.06 bits per heavy atom. The molecule has 31 heavy (non-hydrogen) atoms. The number of benzene rings is 2. The number of amides is 2. The van der Waals surface area contributed by atoms with Crippen LogP contribution in [-0.2, 0) is 4.79 Å². The minimum absolute atomic E-state index is 0.0126. The summed E-state index contributed by atoms with van der Waals surface area (Å²) >= 11 is 3.53. The zero-order chi connectivity index (χ0) is 22.8. The van der Waals surface area contributed by atoms with Crippen molar-refractivity contribution in [2.24, 2.45) is 0 Å². The smallest absolute Gasteiger partial charge is 0.262 e. The van der Waals surface area contributed by atoms with E-state index in [9.17, 15) is 9.59 Å². The van der Waals surface area contributed by atoms with E-state index in [4.69, 9.17) is 4.74 Å². The molecule has 6 heteroatoms. The second kappa shape index (κ2) is 12.5. The van der Waals surface area contributed by atoms with Crippen LogP contribution in [0.5, 0.6) is 5.75 Å². The lowest BCUT2D eigenvalue weighted by Gasteiger charge is -2.21. The lowest BCUT2D eigenvalue weighted by molar-refractivity contribution is -0.118. The first-order valence-electron chi connectivity index (χ1n) is 11.0. The first kappa shape index (κ1) is 24.9.